The lowest BCUT2D eigenvalue weighted by atomic mass is 9.80. The summed E-state index contributed by atoms with van der Waals surface area (Å²) in [6, 6.07) is -1.08. The number of aliphatic hydroxyl groups excluding tert-OH is 4. The van der Waals surface area contributed by atoms with Crippen molar-refractivity contribution in [3.8, 4) is 0 Å². The van der Waals surface area contributed by atoms with Crippen molar-refractivity contribution in [2.24, 2.45) is 29.2 Å². The van der Waals surface area contributed by atoms with E-state index in [1.807, 2.05) is 33.8 Å². The summed E-state index contributed by atoms with van der Waals surface area (Å²) >= 11 is 0. The molecule has 0 aromatic rings. The van der Waals surface area contributed by atoms with Gasteiger partial charge in [0.25, 0.3) is 0 Å². The second kappa shape index (κ2) is 13.9. The van der Waals surface area contributed by atoms with E-state index in [4.69, 9.17) is 25.7 Å². The molecule has 2 aliphatic heterocycles. The predicted molar refractivity (Wildman–Crippen MR) is 146 cm³/mol. The molecule has 1 saturated carbocycles. The standard InChI is InChI=1S/C28H51N3O9/c1-13(2)6-7-18(39-27-25(35)23(30)24(34)15(5)38-27)10-21-22(26(36)31-17-8-16(29)9-17)20(33)12-28(37,40-21)11-19(32)14(3)4/h6-7,13-25,27,32-35,37H,8-12,29-30H2,1-5H3,(H,31,36)/b7-6+/t15?,16-,17-,18?,19?,20-,21-,22?,23?,24?,25?,27?,28?/m0/s1. The molecule has 0 spiro atoms. The molecule has 1 aliphatic carbocycles. The fourth-order valence-electron chi connectivity index (χ4n) is 5.52. The Bertz CT molecular complexity index is 855. The van der Waals surface area contributed by atoms with E-state index in [0.29, 0.717) is 12.8 Å². The first kappa shape index (κ1) is 33.3. The number of aliphatic hydroxyl groups is 5. The Balaban J connectivity index is 1.86. The van der Waals surface area contributed by atoms with E-state index in [1.165, 1.54) is 0 Å². The second-order valence-corrected chi connectivity index (χ2v) is 12.7. The molecule has 3 aliphatic rings. The normalized spacial score (nSPS) is 42.1. The van der Waals surface area contributed by atoms with Crippen molar-refractivity contribution >= 4 is 5.91 Å². The van der Waals surface area contributed by atoms with E-state index in [-0.39, 0.29) is 43.2 Å². The van der Waals surface area contributed by atoms with Crippen molar-refractivity contribution in [2.45, 2.75) is 140 Å². The minimum atomic E-state index is -1.88. The number of carbonyl (C=O) groups is 1. The maximum Gasteiger partial charge on any atom is 0.228 e. The molecule has 2 saturated heterocycles. The number of allylic oxidation sites excluding steroid dienone is 1. The number of hydrogen-bond donors (Lipinski definition) is 8. The van der Waals surface area contributed by atoms with E-state index >= 15 is 0 Å². The zero-order valence-corrected chi connectivity index (χ0v) is 24.3. The van der Waals surface area contributed by atoms with Crippen LogP contribution in [0.5, 0.6) is 0 Å². The number of carbonyl (C=O) groups excluding carboxylic acids is 1. The highest BCUT2D eigenvalue weighted by Gasteiger charge is 2.51. The molecule has 0 aromatic carbocycles. The largest absolute Gasteiger partial charge is 0.393 e. The van der Waals surface area contributed by atoms with Gasteiger partial charge in [-0.05, 0) is 31.6 Å². The Morgan fingerprint density at radius 3 is 2.35 bits per heavy atom. The van der Waals surface area contributed by atoms with Crippen LogP contribution in [-0.2, 0) is 19.0 Å². The van der Waals surface area contributed by atoms with Gasteiger partial charge >= 0.3 is 0 Å². The summed E-state index contributed by atoms with van der Waals surface area (Å²) < 4.78 is 18.0. The van der Waals surface area contributed by atoms with Crippen LogP contribution < -0.4 is 16.8 Å². The molecule has 0 bridgehead atoms. The zero-order valence-electron chi connectivity index (χ0n) is 24.3. The third-order valence-corrected chi connectivity index (χ3v) is 8.22. The maximum atomic E-state index is 13.4. The lowest BCUT2D eigenvalue weighted by Gasteiger charge is -2.46. The second-order valence-electron chi connectivity index (χ2n) is 12.7. The molecule has 232 valence electrons. The Morgan fingerprint density at radius 1 is 1.12 bits per heavy atom. The van der Waals surface area contributed by atoms with E-state index in [1.54, 1.807) is 13.0 Å². The number of hydrogen-bond acceptors (Lipinski definition) is 11. The van der Waals surface area contributed by atoms with Gasteiger partial charge in [-0.3, -0.25) is 4.79 Å². The van der Waals surface area contributed by atoms with E-state index in [2.05, 4.69) is 5.32 Å². The van der Waals surface area contributed by atoms with Gasteiger partial charge in [0.15, 0.2) is 12.1 Å². The Hall–Kier alpha value is -1.19. The summed E-state index contributed by atoms with van der Waals surface area (Å²) in [6.07, 6.45) is -3.68. The minimum absolute atomic E-state index is 0.0153. The molecule has 3 rings (SSSR count). The fraction of sp³-hybridized carbons (Fsp3) is 0.893. The van der Waals surface area contributed by atoms with Gasteiger partial charge in [0.2, 0.25) is 5.91 Å². The molecule has 12 nitrogen and oxygen atoms in total. The highest BCUT2D eigenvalue weighted by atomic mass is 16.7. The molecular weight excluding hydrogens is 522 g/mol. The van der Waals surface area contributed by atoms with Gasteiger partial charge in [0.1, 0.15) is 6.10 Å². The van der Waals surface area contributed by atoms with Crippen LogP contribution in [0.2, 0.25) is 0 Å². The number of nitrogens with one attached hydrogen (secondary N) is 1. The van der Waals surface area contributed by atoms with Crippen molar-refractivity contribution in [3.63, 3.8) is 0 Å². The minimum Gasteiger partial charge on any atom is -0.393 e. The average molecular weight is 574 g/mol. The molecule has 3 fully saturated rings. The molecule has 10 N–H and O–H groups in total. The first-order chi connectivity index (χ1) is 18.6. The highest BCUT2D eigenvalue weighted by Crippen LogP contribution is 2.38. The van der Waals surface area contributed by atoms with Crippen LogP contribution in [0.4, 0.5) is 0 Å². The summed E-state index contributed by atoms with van der Waals surface area (Å²) in [5.74, 6) is -3.35. The number of nitrogens with two attached hydrogens (primary N) is 2. The summed E-state index contributed by atoms with van der Waals surface area (Å²) in [6.45, 7) is 9.19. The third kappa shape index (κ3) is 8.43. The lowest BCUT2D eigenvalue weighted by molar-refractivity contribution is -0.307. The summed E-state index contributed by atoms with van der Waals surface area (Å²) in [7, 11) is 0. The van der Waals surface area contributed by atoms with Crippen LogP contribution in [0.3, 0.4) is 0 Å². The molecule has 12 heteroatoms. The smallest absolute Gasteiger partial charge is 0.228 e. The fourth-order valence-corrected chi connectivity index (χ4v) is 5.52. The van der Waals surface area contributed by atoms with E-state index in [0.717, 1.165) is 0 Å². The average Bonchev–Trinajstić information content (AvgIpc) is 2.82. The Kier molecular flexibility index (Phi) is 11.5. The molecule has 9 unspecified atom stereocenters. The van der Waals surface area contributed by atoms with Crippen molar-refractivity contribution in [1.29, 1.82) is 0 Å². The molecule has 2 heterocycles. The summed E-state index contributed by atoms with van der Waals surface area (Å²) in [5.41, 5.74) is 11.9. The van der Waals surface area contributed by atoms with E-state index < -0.39 is 72.7 Å². The quantitative estimate of drug-likeness (QED) is 0.144. The Labute approximate surface area is 237 Å². The summed E-state index contributed by atoms with van der Waals surface area (Å²) in [5, 5.41) is 56.8. The SMILES string of the molecule is CC(C)/C=C/C(C[C@@H]1OC(O)(CC(O)C(C)C)C[C@H](O)C1C(=O)N[C@H]1C[C@H](N)C1)OC1OC(C)C(O)C(N)C1O. The maximum absolute atomic E-state index is 13.4. The first-order valence-electron chi connectivity index (χ1n) is 14.5. The summed E-state index contributed by atoms with van der Waals surface area (Å²) in [4.78, 5) is 13.4. The molecule has 1 amide bonds. The van der Waals surface area contributed by atoms with Crippen LogP contribution in [0, 0.1) is 17.8 Å². The van der Waals surface area contributed by atoms with Gasteiger partial charge in [0, 0.05) is 31.3 Å². The molecule has 40 heavy (non-hydrogen) atoms. The number of amides is 1. The first-order valence-corrected chi connectivity index (χ1v) is 14.5. The van der Waals surface area contributed by atoms with Crippen molar-refractivity contribution in [1.82, 2.24) is 5.32 Å². The number of rotatable bonds is 11. The highest BCUT2D eigenvalue weighted by molar-refractivity contribution is 5.80. The van der Waals surface area contributed by atoms with Crippen molar-refractivity contribution in [2.75, 3.05) is 0 Å². The third-order valence-electron chi connectivity index (χ3n) is 8.22. The van der Waals surface area contributed by atoms with Gasteiger partial charge in [-0.2, -0.15) is 0 Å². The monoisotopic (exact) mass is 573 g/mol. The van der Waals surface area contributed by atoms with Crippen LogP contribution in [-0.4, -0.2) is 104 Å². The van der Waals surface area contributed by atoms with Crippen LogP contribution >= 0.6 is 0 Å². The van der Waals surface area contributed by atoms with Gasteiger partial charge in [-0.1, -0.05) is 39.8 Å². The molecule has 0 radical (unpaired) electrons. The van der Waals surface area contributed by atoms with Gasteiger partial charge in [-0.15, -0.1) is 0 Å². The van der Waals surface area contributed by atoms with Crippen LogP contribution in [0.15, 0.2) is 12.2 Å². The lowest BCUT2D eigenvalue weighted by Crippen LogP contribution is -2.62. The topological polar surface area (TPSA) is 210 Å². The predicted octanol–water partition coefficient (Wildman–Crippen LogP) is -0.765. The molecular formula is C28H51N3O9. The molecule has 11 atom stereocenters. The van der Waals surface area contributed by atoms with Crippen molar-refractivity contribution < 1.29 is 44.5 Å². The van der Waals surface area contributed by atoms with E-state index in [9.17, 15) is 30.3 Å². The van der Waals surface area contributed by atoms with Gasteiger partial charge in [0.05, 0.1) is 48.6 Å². The van der Waals surface area contributed by atoms with Gasteiger partial charge in [-0.25, -0.2) is 0 Å². The van der Waals surface area contributed by atoms with Crippen molar-refractivity contribution in [3.05, 3.63) is 12.2 Å². The van der Waals surface area contributed by atoms with Crippen LogP contribution in [0.1, 0.15) is 66.7 Å². The molecule has 0 aromatic heterocycles. The zero-order chi connectivity index (χ0) is 29.9. The Morgan fingerprint density at radius 2 is 1.77 bits per heavy atom. The van der Waals surface area contributed by atoms with Crippen LogP contribution in [0.25, 0.3) is 0 Å². The number of ether oxygens (including phenoxy) is 3. The van der Waals surface area contributed by atoms with Gasteiger partial charge < -0.3 is 56.5 Å².